The minimum absolute atomic E-state index is 0.0776. The van der Waals surface area contributed by atoms with Crippen molar-refractivity contribution < 1.29 is 9.53 Å². The summed E-state index contributed by atoms with van der Waals surface area (Å²) in [5.41, 5.74) is 11.1. The van der Waals surface area contributed by atoms with Crippen molar-refractivity contribution in [2.45, 2.75) is 20.4 Å². The van der Waals surface area contributed by atoms with Crippen LogP contribution in [0.5, 0.6) is 0 Å². The molecule has 0 atom stereocenters. The fourth-order valence-electron chi connectivity index (χ4n) is 3.36. The first-order valence-corrected chi connectivity index (χ1v) is 8.83. The van der Waals surface area contributed by atoms with E-state index in [1.165, 1.54) is 11.9 Å². The van der Waals surface area contributed by atoms with Gasteiger partial charge in [-0.05, 0) is 37.1 Å². The molecule has 2 heterocycles. The first-order chi connectivity index (χ1) is 13.1. The van der Waals surface area contributed by atoms with Crippen LogP contribution in [0.2, 0.25) is 0 Å². The maximum absolute atomic E-state index is 12.1. The number of ether oxygens (including phenoxy) is 1. The van der Waals surface area contributed by atoms with Gasteiger partial charge in [0.2, 0.25) is 0 Å². The number of nitrogens with two attached hydrogens (primary N) is 1. The molecule has 0 aliphatic rings. The summed E-state index contributed by atoms with van der Waals surface area (Å²) in [7, 11) is 0. The van der Waals surface area contributed by atoms with E-state index in [1.807, 2.05) is 16.7 Å². The van der Waals surface area contributed by atoms with Crippen LogP contribution in [0.1, 0.15) is 12.5 Å². The molecule has 136 valence electrons. The summed E-state index contributed by atoms with van der Waals surface area (Å²) in [6, 6.07) is 14.5. The molecule has 0 unspecified atom stereocenters. The molecule has 6 nitrogen and oxygen atoms in total. The number of rotatable bonds is 4. The van der Waals surface area contributed by atoms with Crippen molar-refractivity contribution in [3.63, 3.8) is 0 Å². The molecule has 0 bridgehead atoms. The summed E-state index contributed by atoms with van der Waals surface area (Å²) in [6.07, 6.45) is 1.42. The lowest BCUT2D eigenvalue weighted by Gasteiger charge is -2.07. The summed E-state index contributed by atoms with van der Waals surface area (Å²) >= 11 is 0. The van der Waals surface area contributed by atoms with Crippen molar-refractivity contribution in [3.8, 4) is 11.1 Å². The zero-order valence-corrected chi connectivity index (χ0v) is 15.3. The molecule has 2 aromatic heterocycles. The van der Waals surface area contributed by atoms with Gasteiger partial charge >= 0.3 is 5.97 Å². The Morgan fingerprint density at radius 1 is 1.11 bits per heavy atom. The molecule has 2 N–H and O–H groups in total. The van der Waals surface area contributed by atoms with Crippen LogP contribution in [-0.4, -0.2) is 27.1 Å². The number of carbonyl (C=O) groups excluding carboxylic acids is 1. The van der Waals surface area contributed by atoms with Gasteiger partial charge in [-0.2, -0.15) is 0 Å². The number of nitrogen functional groups attached to an aromatic ring is 1. The quantitative estimate of drug-likeness (QED) is 0.561. The van der Waals surface area contributed by atoms with Crippen LogP contribution < -0.4 is 5.73 Å². The normalized spacial score (nSPS) is 11.2. The summed E-state index contributed by atoms with van der Waals surface area (Å²) in [6.45, 7) is 4.27. The van der Waals surface area contributed by atoms with E-state index in [0.29, 0.717) is 18.1 Å². The van der Waals surface area contributed by atoms with Gasteiger partial charge < -0.3 is 15.0 Å². The maximum atomic E-state index is 12.1. The molecule has 0 saturated carbocycles. The van der Waals surface area contributed by atoms with Crippen LogP contribution in [0.3, 0.4) is 0 Å². The SMILES string of the molecule is CCOC(=O)Cn1c2ccc(-c3ccc(C)cc3)cc2c2c(N)ncnc21. The van der Waals surface area contributed by atoms with Gasteiger partial charge in [0.1, 0.15) is 24.3 Å². The number of nitrogens with zero attached hydrogens (tertiary/aromatic N) is 3. The number of aromatic nitrogens is 3. The third-order valence-electron chi connectivity index (χ3n) is 4.65. The molecule has 0 saturated heterocycles. The molecular weight excluding hydrogens is 340 g/mol. The number of fused-ring (bicyclic) bond motifs is 3. The van der Waals surface area contributed by atoms with Crippen molar-refractivity contribution in [1.82, 2.24) is 14.5 Å². The zero-order valence-electron chi connectivity index (χ0n) is 15.3. The van der Waals surface area contributed by atoms with E-state index in [1.54, 1.807) is 6.92 Å². The third-order valence-corrected chi connectivity index (χ3v) is 4.65. The molecule has 0 fully saturated rings. The predicted molar refractivity (Wildman–Crippen MR) is 106 cm³/mol. The monoisotopic (exact) mass is 360 g/mol. The lowest BCUT2D eigenvalue weighted by molar-refractivity contribution is -0.143. The number of aryl methyl sites for hydroxylation is 1. The summed E-state index contributed by atoms with van der Waals surface area (Å²) in [5.74, 6) is 0.0877. The molecule has 0 spiro atoms. The number of hydrogen-bond donors (Lipinski definition) is 1. The standard InChI is InChI=1S/C21H20N4O2/c1-3-27-18(26)11-25-17-9-8-15(14-6-4-13(2)5-7-14)10-16(17)19-20(22)23-12-24-21(19)25/h4-10,12H,3,11H2,1-2H3,(H2,22,23,24). The summed E-state index contributed by atoms with van der Waals surface area (Å²) in [4.78, 5) is 20.6. The largest absolute Gasteiger partial charge is 0.465 e. The zero-order chi connectivity index (χ0) is 19.0. The van der Waals surface area contributed by atoms with Crippen molar-refractivity contribution in [3.05, 3.63) is 54.4 Å². The van der Waals surface area contributed by atoms with Crippen molar-refractivity contribution in [2.75, 3.05) is 12.3 Å². The highest BCUT2D eigenvalue weighted by Crippen LogP contribution is 2.34. The van der Waals surface area contributed by atoms with Gasteiger partial charge in [-0.1, -0.05) is 35.9 Å². The average Bonchev–Trinajstić information content (AvgIpc) is 2.97. The predicted octanol–water partition coefficient (Wildman–Crippen LogP) is 3.71. The number of carbonyl (C=O) groups is 1. The van der Waals surface area contributed by atoms with Crippen molar-refractivity contribution in [2.24, 2.45) is 0 Å². The maximum Gasteiger partial charge on any atom is 0.326 e. The van der Waals surface area contributed by atoms with Gasteiger partial charge in [-0.15, -0.1) is 0 Å². The van der Waals surface area contributed by atoms with Gasteiger partial charge in [0, 0.05) is 5.39 Å². The molecule has 4 aromatic rings. The Balaban J connectivity index is 1.94. The molecule has 6 heteroatoms. The molecule has 0 aliphatic carbocycles. The third kappa shape index (κ3) is 2.99. The van der Waals surface area contributed by atoms with Crippen LogP contribution >= 0.6 is 0 Å². The van der Waals surface area contributed by atoms with Crippen LogP contribution in [-0.2, 0) is 16.1 Å². The average molecular weight is 360 g/mol. The number of benzene rings is 2. The topological polar surface area (TPSA) is 83.0 Å². The lowest BCUT2D eigenvalue weighted by atomic mass is 10.0. The Morgan fingerprint density at radius 3 is 2.59 bits per heavy atom. The van der Waals surface area contributed by atoms with Gasteiger partial charge in [-0.3, -0.25) is 4.79 Å². The summed E-state index contributed by atoms with van der Waals surface area (Å²) < 4.78 is 6.95. The molecule has 0 amide bonds. The van der Waals surface area contributed by atoms with E-state index >= 15 is 0 Å². The molecule has 0 aliphatic heterocycles. The van der Waals surface area contributed by atoms with Crippen LogP contribution in [0.25, 0.3) is 33.1 Å². The Bertz CT molecular complexity index is 1150. The molecular formula is C21H20N4O2. The first kappa shape index (κ1) is 17.0. The Hall–Kier alpha value is -3.41. The second kappa shape index (κ2) is 6.72. The van der Waals surface area contributed by atoms with Crippen molar-refractivity contribution >= 4 is 33.7 Å². The van der Waals surface area contributed by atoms with Gasteiger partial charge in [0.15, 0.2) is 0 Å². The number of hydrogen-bond acceptors (Lipinski definition) is 5. The molecule has 2 aromatic carbocycles. The minimum Gasteiger partial charge on any atom is -0.465 e. The van der Waals surface area contributed by atoms with Crippen LogP contribution in [0.4, 0.5) is 5.82 Å². The first-order valence-electron chi connectivity index (χ1n) is 8.83. The Morgan fingerprint density at radius 2 is 1.85 bits per heavy atom. The van der Waals surface area contributed by atoms with Gasteiger partial charge in [0.05, 0.1) is 17.5 Å². The molecule has 0 radical (unpaired) electrons. The van der Waals surface area contributed by atoms with E-state index in [9.17, 15) is 4.79 Å². The van der Waals surface area contributed by atoms with Crippen LogP contribution in [0.15, 0.2) is 48.8 Å². The smallest absolute Gasteiger partial charge is 0.326 e. The van der Waals surface area contributed by atoms with Crippen molar-refractivity contribution in [1.29, 1.82) is 0 Å². The number of anilines is 1. The highest BCUT2D eigenvalue weighted by molar-refractivity contribution is 6.12. The van der Waals surface area contributed by atoms with Gasteiger partial charge in [0.25, 0.3) is 0 Å². The second-order valence-corrected chi connectivity index (χ2v) is 6.45. The second-order valence-electron chi connectivity index (χ2n) is 6.45. The fraction of sp³-hybridized carbons (Fsp3) is 0.190. The van der Waals surface area contributed by atoms with E-state index in [0.717, 1.165) is 27.4 Å². The Labute approximate surface area is 156 Å². The number of esters is 1. The lowest BCUT2D eigenvalue weighted by Crippen LogP contribution is -2.13. The molecule has 4 rings (SSSR count). The highest BCUT2D eigenvalue weighted by atomic mass is 16.5. The van der Waals surface area contributed by atoms with Gasteiger partial charge in [-0.25, -0.2) is 9.97 Å². The highest BCUT2D eigenvalue weighted by Gasteiger charge is 2.18. The fourth-order valence-corrected chi connectivity index (χ4v) is 3.36. The van der Waals surface area contributed by atoms with E-state index in [2.05, 4.69) is 47.2 Å². The van der Waals surface area contributed by atoms with E-state index in [4.69, 9.17) is 10.5 Å². The molecule has 27 heavy (non-hydrogen) atoms. The van der Waals surface area contributed by atoms with Crippen LogP contribution in [0, 0.1) is 6.92 Å². The minimum atomic E-state index is -0.309. The Kier molecular flexibility index (Phi) is 4.24. The van der Waals surface area contributed by atoms with E-state index in [-0.39, 0.29) is 12.5 Å². The summed E-state index contributed by atoms with van der Waals surface area (Å²) in [5, 5.41) is 1.68. The van der Waals surface area contributed by atoms with E-state index < -0.39 is 0 Å².